The number of nitrogens with zero attached hydrogens (tertiary/aromatic N) is 3. The number of hydrogen-bond donors (Lipinski definition) is 1. The third-order valence-electron chi connectivity index (χ3n) is 5.33. The van der Waals surface area contributed by atoms with Gasteiger partial charge < -0.3 is 10.2 Å². The Labute approximate surface area is 176 Å². The highest BCUT2D eigenvalue weighted by atomic mass is 32.2. The van der Waals surface area contributed by atoms with E-state index in [1.807, 2.05) is 18.2 Å². The number of anilines is 1. The lowest BCUT2D eigenvalue weighted by atomic mass is 10.1. The van der Waals surface area contributed by atoms with Gasteiger partial charge in [0, 0.05) is 36.5 Å². The zero-order valence-electron chi connectivity index (χ0n) is 17.1. The Morgan fingerprint density at radius 2 is 1.90 bits per heavy atom. The third kappa shape index (κ3) is 4.28. The Kier molecular flexibility index (Phi) is 5.42. The monoisotopic (exact) mass is 424 g/mol. The molecule has 3 aromatic rings. The molecule has 1 aliphatic heterocycles. The van der Waals surface area contributed by atoms with Gasteiger partial charge in [0.1, 0.15) is 5.82 Å². The van der Waals surface area contributed by atoms with Crippen LogP contribution in [0.25, 0.3) is 10.9 Å². The molecule has 1 N–H and O–H groups in total. The zero-order chi connectivity index (χ0) is 21.3. The van der Waals surface area contributed by atoms with Crippen molar-refractivity contribution in [3.05, 3.63) is 59.4 Å². The van der Waals surface area contributed by atoms with Crippen LogP contribution in [0, 0.1) is 6.92 Å². The molecular formula is C22H24N4O3S. The summed E-state index contributed by atoms with van der Waals surface area (Å²) in [7, 11) is -3.40. The molecule has 0 radical (unpaired) electrons. The number of sulfone groups is 1. The lowest BCUT2D eigenvalue weighted by Crippen LogP contribution is -2.23. The van der Waals surface area contributed by atoms with Crippen molar-refractivity contribution in [1.29, 1.82) is 0 Å². The molecule has 7 nitrogen and oxygen atoms in total. The zero-order valence-corrected chi connectivity index (χ0v) is 17.9. The first kappa shape index (κ1) is 20.3. The fraction of sp³-hybridized carbons (Fsp3) is 0.318. The average molecular weight is 425 g/mol. The van der Waals surface area contributed by atoms with Crippen molar-refractivity contribution < 1.29 is 13.2 Å². The summed E-state index contributed by atoms with van der Waals surface area (Å²) in [4.78, 5) is 24.1. The van der Waals surface area contributed by atoms with Crippen LogP contribution in [0.1, 0.15) is 34.5 Å². The minimum Gasteiger partial charge on any atom is -0.357 e. The van der Waals surface area contributed by atoms with Crippen molar-refractivity contribution in [1.82, 2.24) is 15.3 Å². The van der Waals surface area contributed by atoms with Crippen LogP contribution in [-0.4, -0.2) is 43.6 Å². The summed E-state index contributed by atoms with van der Waals surface area (Å²) in [6.07, 6.45) is 5.27. The highest BCUT2D eigenvalue weighted by Crippen LogP contribution is 2.22. The maximum Gasteiger partial charge on any atom is 0.251 e. The summed E-state index contributed by atoms with van der Waals surface area (Å²) in [6, 6.07) is 10.6. The van der Waals surface area contributed by atoms with Gasteiger partial charge in [-0.15, -0.1) is 0 Å². The second kappa shape index (κ2) is 8.02. The van der Waals surface area contributed by atoms with Crippen molar-refractivity contribution >= 4 is 32.5 Å². The van der Waals surface area contributed by atoms with E-state index in [0.717, 1.165) is 36.1 Å². The van der Waals surface area contributed by atoms with E-state index in [0.29, 0.717) is 16.8 Å². The normalized spacial score (nSPS) is 14.3. The maximum atomic E-state index is 12.5. The molecule has 156 valence electrons. The molecule has 1 fully saturated rings. The van der Waals surface area contributed by atoms with Gasteiger partial charge in [-0.3, -0.25) is 9.78 Å². The molecule has 0 bridgehead atoms. The Morgan fingerprint density at radius 3 is 2.63 bits per heavy atom. The van der Waals surface area contributed by atoms with Gasteiger partial charge in [0.15, 0.2) is 9.84 Å². The number of fused-ring (bicyclic) bond motifs is 1. The standard InChI is InChI=1S/C22H24N4O3S/c1-15-5-6-16(11-20(15)30(2,28)29)22(27)24-14-18-12-19-17(13-23-18)7-8-21(25-19)26-9-3-4-10-26/h5-8,11-13H,3-4,9-10,14H2,1-2H3,(H,24,27). The molecule has 30 heavy (non-hydrogen) atoms. The van der Waals surface area contributed by atoms with E-state index < -0.39 is 9.84 Å². The number of pyridine rings is 2. The van der Waals surface area contributed by atoms with Crippen LogP contribution >= 0.6 is 0 Å². The van der Waals surface area contributed by atoms with E-state index in [9.17, 15) is 13.2 Å². The molecule has 1 saturated heterocycles. The van der Waals surface area contributed by atoms with Gasteiger partial charge >= 0.3 is 0 Å². The van der Waals surface area contributed by atoms with Gasteiger partial charge in [0.05, 0.1) is 22.7 Å². The Bertz CT molecular complexity index is 1220. The molecule has 1 aliphatic rings. The van der Waals surface area contributed by atoms with Gasteiger partial charge in [-0.2, -0.15) is 0 Å². The second-order valence-electron chi connectivity index (χ2n) is 7.67. The van der Waals surface area contributed by atoms with E-state index in [4.69, 9.17) is 4.98 Å². The van der Waals surface area contributed by atoms with Crippen molar-refractivity contribution in [2.45, 2.75) is 31.2 Å². The van der Waals surface area contributed by atoms with Crippen LogP contribution in [0.2, 0.25) is 0 Å². The number of hydrogen-bond acceptors (Lipinski definition) is 6. The van der Waals surface area contributed by atoms with Gasteiger partial charge in [-0.25, -0.2) is 13.4 Å². The molecule has 4 rings (SSSR count). The largest absolute Gasteiger partial charge is 0.357 e. The van der Waals surface area contributed by atoms with Crippen LogP contribution < -0.4 is 10.2 Å². The van der Waals surface area contributed by atoms with Gasteiger partial charge in [-0.1, -0.05) is 6.07 Å². The number of nitrogens with one attached hydrogen (secondary N) is 1. The second-order valence-corrected chi connectivity index (χ2v) is 9.65. The summed E-state index contributed by atoms with van der Waals surface area (Å²) in [6.45, 7) is 3.99. The highest BCUT2D eigenvalue weighted by Gasteiger charge is 2.16. The van der Waals surface area contributed by atoms with Gasteiger partial charge in [0.25, 0.3) is 5.91 Å². The van der Waals surface area contributed by atoms with Crippen LogP contribution in [-0.2, 0) is 16.4 Å². The van der Waals surface area contributed by atoms with E-state index in [2.05, 4.69) is 15.2 Å². The van der Waals surface area contributed by atoms with Crippen molar-refractivity contribution in [2.75, 3.05) is 24.2 Å². The predicted molar refractivity (Wildman–Crippen MR) is 116 cm³/mol. The fourth-order valence-corrected chi connectivity index (χ4v) is 4.67. The summed E-state index contributed by atoms with van der Waals surface area (Å²) < 4.78 is 23.8. The quantitative estimate of drug-likeness (QED) is 0.677. The average Bonchev–Trinajstić information content (AvgIpc) is 3.26. The summed E-state index contributed by atoms with van der Waals surface area (Å²) in [5, 5.41) is 3.76. The maximum absolute atomic E-state index is 12.5. The van der Waals surface area contributed by atoms with E-state index in [1.54, 1.807) is 25.3 Å². The minimum atomic E-state index is -3.40. The van der Waals surface area contributed by atoms with Crippen molar-refractivity contribution in [3.8, 4) is 0 Å². The molecule has 2 aromatic heterocycles. The molecule has 3 heterocycles. The molecule has 0 spiro atoms. The first-order valence-corrected chi connectivity index (χ1v) is 11.8. The number of aromatic nitrogens is 2. The number of benzene rings is 1. The molecule has 8 heteroatoms. The summed E-state index contributed by atoms with van der Waals surface area (Å²) in [5.41, 5.74) is 2.45. The number of carbonyl (C=O) groups excluding carboxylic acids is 1. The SMILES string of the molecule is Cc1ccc(C(=O)NCc2cc3nc(N4CCCC4)ccc3cn2)cc1S(C)(=O)=O. The molecule has 1 aromatic carbocycles. The van der Waals surface area contributed by atoms with Gasteiger partial charge in [0.2, 0.25) is 0 Å². The van der Waals surface area contributed by atoms with Crippen LogP contribution in [0.15, 0.2) is 47.5 Å². The van der Waals surface area contributed by atoms with E-state index >= 15 is 0 Å². The Balaban J connectivity index is 1.51. The predicted octanol–water partition coefficient (Wildman–Crippen LogP) is 2.87. The smallest absolute Gasteiger partial charge is 0.251 e. The summed E-state index contributed by atoms with van der Waals surface area (Å²) in [5.74, 6) is 0.620. The Hall–Kier alpha value is -3.00. The van der Waals surface area contributed by atoms with Gasteiger partial charge in [-0.05, 0) is 55.7 Å². The Morgan fingerprint density at radius 1 is 1.13 bits per heavy atom. The lowest BCUT2D eigenvalue weighted by Gasteiger charge is -2.16. The van der Waals surface area contributed by atoms with E-state index in [1.165, 1.54) is 18.9 Å². The molecule has 0 aliphatic carbocycles. The van der Waals surface area contributed by atoms with E-state index in [-0.39, 0.29) is 17.3 Å². The van der Waals surface area contributed by atoms with Crippen molar-refractivity contribution in [3.63, 3.8) is 0 Å². The molecule has 0 unspecified atom stereocenters. The summed E-state index contributed by atoms with van der Waals surface area (Å²) >= 11 is 0. The van der Waals surface area contributed by atoms with Crippen LogP contribution in [0.5, 0.6) is 0 Å². The van der Waals surface area contributed by atoms with Crippen molar-refractivity contribution in [2.24, 2.45) is 0 Å². The minimum absolute atomic E-state index is 0.164. The lowest BCUT2D eigenvalue weighted by molar-refractivity contribution is 0.0950. The topological polar surface area (TPSA) is 92.3 Å². The number of carbonyl (C=O) groups is 1. The number of rotatable bonds is 5. The fourth-order valence-electron chi connectivity index (χ4n) is 3.68. The third-order valence-corrected chi connectivity index (χ3v) is 6.56. The molecular weight excluding hydrogens is 400 g/mol. The highest BCUT2D eigenvalue weighted by molar-refractivity contribution is 7.90. The number of aryl methyl sites for hydroxylation is 1. The van der Waals surface area contributed by atoms with Crippen LogP contribution in [0.4, 0.5) is 5.82 Å². The molecule has 1 amide bonds. The van der Waals surface area contributed by atoms with Crippen LogP contribution in [0.3, 0.4) is 0 Å². The molecule has 0 atom stereocenters. The molecule has 0 saturated carbocycles. The first-order chi connectivity index (χ1) is 14.3. The number of amides is 1. The first-order valence-electron chi connectivity index (χ1n) is 9.91.